The number of aliphatic hydroxyl groups is 1. The number of carbonyl (C=O) groups is 2. The molecule has 1 N–H and O–H groups in total. The van der Waals surface area contributed by atoms with E-state index >= 15 is 0 Å². The Kier molecular flexibility index (Phi) is 4.87. The Morgan fingerprint density at radius 3 is 2.47 bits per heavy atom. The number of amides is 1. The van der Waals surface area contributed by atoms with Crippen LogP contribution in [-0.2, 0) is 9.59 Å². The summed E-state index contributed by atoms with van der Waals surface area (Å²) in [4.78, 5) is 27.1. The van der Waals surface area contributed by atoms with Gasteiger partial charge >= 0.3 is 0 Å². The van der Waals surface area contributed by atoms with Crippen LogP contribution in [0.5, 0.6) is 5.75 Å². The van der Waals surface area contributed by atoms with E-state index in [1.807, 2.05) is 0 Å². The molecule has 1 atom stereocenters. The van der Waals surface area contributed by atoms with Gasteiger partial charge in [0.15, 0.2) is 0 Å². The summed E-state index contributed by atoms with van der Waals surface area (Å²) in [5.41, 5.74) is 1.26. The molecule has 1 fully saturated rings. The van der Waals surface area contributed by atoms with Crippen LogP contribution in [0, 0.1) is 12.7 Å². The molecule has 0 aliphatic carbocycles. The van der Waals surface area contributed by atoms with Gasteiger partial charge in [0.05, 0.1) is 18.9 Å². The smallest absolute Gasteiger partial charge is 0.300 e. The van der Waals surface area contributed by atoms with E-state index in [2.05, 4.69) is 0 Å². The SMILES string of the molecule is COc1ccc(/C(O)=C2/C(=O)C(=O)N(c3ccc(F)cc3)C2c2ccco2)c(C)c1. The van der Waals surface area contributed by atoms with E-state index in [-0.39, 0.29) is 11.3 Å². The highest BCUT2D eigenvalue weighted by Crippen LogP contribution is 2.42. The number of nitrogens with zero attached hydrogens (tertiary/aromatic N) is 1. The zero-order valence-corrected chi connectivity index (χ0v) is 16.3. The van der Waals surface area contributed by atoms with Crippen LogP contribution in [-0.4, -0.2) is 23.9 Å². The molecule has 0 spiro atoms. The summed E-state index contributed by atoms with van der Waals surface area (Å²) < 4.78 is 24.1. The molecule has 0 saturated carbocycles. The molecule has 4 rings (SSSR count). The molecule has 1 aromatic heterocycles. The van der Waals surface area contributed by atoms with Gasteiger partial charge in [-0.25, -0.2) is 4.39 Å². The molecule has 30 heavy (non-hydrogen) atoms. The molecular weight excluding hydrogens is 389 g/mol. The number of halogens is 1. The molecule has 0 bridgehead atoms. The third kappa shape index (κ3) is 3.14. The van der Waals surface area contributed by atoms with Crippen molar-refractivity contribution in [3.8, 4) is 5.75 Å². The number of ether oxygens (including phenoxy) is 1. The highest BCUT2D eigenvalue weighted by molar-refractivity contribution is 6.51. The average Bonchev–Trinajstić information content (AvgIpc) is 3.35. The Balaban J connectivity index is 1.92. The number of carbonyl (C=O) groups excluding carboxylic acids is 2. The number of hydrogen-bond acceptors (Lipinski definition) is 5. The van der Waals surface area contributed by atoms with E-state index in [9.17, 15) is 19.1 Å². The number of ketones is 1. The van der Waals surface area contributed by atoms with Crippen molar-refractivity contribution in [2.45, 2.75) is 13.0 Å². The van der Waals surface area contributed by atoms with Gasteiger partial charge in [0.2, 0.25) is 0 Å². The number of aliphatic hydroxyl groups excluding tert-OH is 1. The molecular formula is C23H18FNO5. The zero-order chi connectivity index (χ0) is 21.4. The molecule has 6 nitrogen and oxygen atoms in total. The van der Waals surface area contributed by atoms with E-state index in [1.165, 1.54) is 42.5 Å². The lowest BCUT2D eigenvalue weighted by atomic mass is 9.97. The minimum absolute atomic E-state index is 0.104. The van der Waals surface area contributed by atoms with E-state index < -0.39 is 23.5 Å². The minimum atomic E-state index is -0.994. The fourth-order valence-corrected chi connectivity index (χ4v) is 3.59. The summed E-state index contributed by atoms with van der Waals surface area (Å²) in [6.07, 6.45) is 1.42. The van der Waals surface area contributed by atoms with Crippen molar-refractivity contribution in [1.29, 1.82) is 0 Å². The lowest BCUT2D eigenvalue weighted by Gasteiger charge is -2.23. The third-order valence-electron chi connectivity index (χ3n) is 5.05. The van der Waals surface area contributed by atoms with Crippen LogP contribution in [0.25, 0.3) is 5.76 Å². The molecule has 7 heteroatoms. The number of furan rings is 1. The maximum atomic E-state index is 13.4. The van der Waals surface area contributed by atoms with Crippen LogP contribution >= 0.6 is 0 Å². The second-order valence-electron chi connectivity index (χ2n) is 6.84. The van der Waals surface area contributed by atoms with Gasteiger partial charge in [0.1, 0.15) is 29.1 Å². The first kappa shape index (κ1) is 19.4. The summed E-state index contributed by atoms with van der Waals surface area (Å²) in [6, 6.07) is 12.4. The van der Waals surface area contributed by atoms with Crippen molar-refractivity contribution < 1.29 is 28.2 Å². The third-order valence-corrected chi connectivity index (χ3v) is 5.05. The lowest BCUT2D eigenvalue weighted by molar-refractivity contribution is -0.132. The number of anilines is 1. The van der Waals surface area contributed by atoms with Gasteiger partial charge in [0, 0.05) is 11.3 Å². The number of hydrogen-bond donors (Lipinski definition) is 1. The molecule has 1 aliphatic heterocycles. The highest BCUT2D eigenvalue weighted by atomic mass is 19.1. The maximum Gasteiger partial charge on any atom is 0.300 e. The van der Waals surface area contributed by atoms with Crippen LogP contribution < -0.4 is 9.64 Å². The molecule has 3 aromatic rings. The topological polar surface area (TPSA) is 80.0 Å². The monoisotopic (exact) mass is 407 g/mol. The first-order valence-corrected chi connectivity index (χ1v) is 9.17. The van der Waals surface area contributed by atoms with E-state index in [4.69, 9.17) is 9.15 Å². The molecule has 152 valence electrons. The Hall–Kier alpha value is -3.87. The first-order valence-electron chi connectivity index (χ1n) is 9.17. The molecule has 2 heterocycles. The van der Waals surface area contributed by atoms with Gasteiger partial charge < -0.3 is 14.3 Å². The number of benzene rings is 2. The summed E-state index contributed by atoms with van der Waals surface area (Å²) in [5.74, 6) is -1.59. The molecule has 1 aliphatic rings. The largest absolute Gasteiger partial charge is 0.507 e. The maximum absolute atomic E-state index is 13.4. The van der Waals surface area contributed by atoms with Gasteiger partial charge in [-0.3, -0.25) is 14.5 Å². The van der Waals surface area contributed by atoms with Crippen molar-refractivity contribution in [2.24, 2.45) is 0 Å². The van der Waals surface area contributed by atoms with Crippen LogP contribution in [0.2, 0.25) is 0 Å². The second kappa shape index (κ2) is 7.51. The predicted molar refractivity (Wildman–Crippen MR) is 108 cm³/mol. The van der Waals surface area contributed by atoms with Crippen molar-refractivity contribution >= 4 is 23.1 Å². The average molecular weight is 407 g/mol. The normalized spacial score (nSPS) is 18.1. The Morgan fingerprint density at radius 2 is 1.87 bits per heavy atom. The van der Waals surface area contributed by atoms with E-state index in [1.54, 1.807) is 37.3 Å². The molecule has 0 radical (unpaired) electrons. The second-order valence-corrected chi connectivity index (χ2v) is 6.84. The quantitative estimate of drug-likeness (QED) is 0.395. The fraction of sp³-hybridized carbons (Fsp3) is 0.130. The Bertz CT molecular complexity index is 1150. The van der Waals surface area contributed by atoms with Gasteiger partial charge in [-0.05, 0) is 67.1 Å². The number of Topliss-reactive ketones (excluding diaryl/α,β-unsaturated/α-hetero) is 1. The van der Waals surface area contributed by atoms with Crippen molar-refractivity contribution in [1.82, 2.24) is 0 Å². The summed E-state index contributed by atoms with van der Waals surface area (Å²) in [5, 5.41) is 11.1. The number of aryl methyl sites for hydroxylation is 1. The summed E-state index contributed by atoms with van der Waals surface area (Å²) in [7, 11) is 1.53. The van der Waals surface area contributed by atoms with Crippen molar-refractivity contribution in [2.75, 3.05) is 12.0 Å². The minimum Gasteiger partial charge on any atom is -0.507 e. The molecule has 2 aromatic carbocycles. The standard InChI is InChI=1S/C23H18FNO5/c1-13-12-16(29-2)9-10-17(13)21(26)19-20(18-4-3-11-30-18)25(23(28)22(19)27)15-7-5-14(24)6-8-15/h3-12,20,26H,1-2H3/b21-19-. The van der Waals surface area contributed by atoms with Gasteiger partial charge in [-0.1, -0.05) is 0 Å². The number of methoxy groups -OCH3 is 1. The first-order chi connectivity index (χ1) is 14.4. The van der Waals surface area contributed by atoms with Gasteiger partial charge in [-0.2, -0.15) is 0 Å². The van der Waals surface area contributed by atoms with Crippen molar-refractivity contribution in [3.05, 3.63) is 89.1 Å². The zero-order valence-electron chi connectivity index (χ0n) is 16.3. The summed E-state index contributed by atoms with van der Waals surface area (Å²) in [6.45, 7) is 1.76. The van der Waals surface area contributed by atoms with E-state index in [0.29, 0.717) is 28.3 Å². The highest BCUT2D eigenvalue weighted by Gasteiger charge is 2.48. The van der Waals surface area contributed by atoms with Crippen molar-refractivity contribution in [3.63, 3.8) is 0 Å². The molecule has 1 saturated heterocycles. The Labute approximate surface area is 171 Å². The summed E-state index contributed by atoms with van der Waals surface area (Å²) >= 11 is 0. The molecule has 1 amide bonds. The van der Waals surface area contributed by atoms with E-state index in [0.717, 1.165) is 0 Å². The van der Waals surface area contributed by atoms with Gasteiger partial charge in [0.25, 0.3) is 11.7 Å². The van der Waals surface area contributed by atoms with Crippen LogP contribution in [0.15, 0.2) is 70.9 Å². The number of rotatable bonds is 4. The molecule has 1 unspecified atom stereocenters. The van der Waals surface area contributed by atoms with Crippen LogP contribution in [0.3, 0.4) is 0 Å². The van der Waals surface area contributed by atoms with Crippen LogP contribution in [0.1, 0.15) is 22.9 Å². The lowest BCUT2D eigenvalue weighted by Crippen LogP contribution is -2.29. The fourth-order valence-electron chi connectivity index (χ4n) is 3.59. The predicted octanol–water partition coefficient (Wildman–Crippen LogP) is 4.36. The van der Waals surface area contributed by atoms with Crippen LogP contribution in [0.4, 0.5) is 10.1 Å². The van der Waals surface area contributed by atoms with Gasteiger partial charge in [-0.15, -0.1) is 0 Å². The Morgan fingerprint density at radius 1 is 1.13 bits per heavy atom.